The lowest BCUT2D eigenvalue weighted by atomic mass is 10.3. The number of nitrogens with zero attached hydrogens (tertiary/aromatic N) is 5. The molecule has 0 spiro atoms. The number of anilines is 1. The number of primary amides is 1. The first-order chi connectivity index (χ1) is 10.1. The van der Waals surface area contributed by atoms with Crippen LogP contribution in [-0.4, -0.2) is 57.5 Å². The monoisotopic (exact) mass is 288 g/mol. The van der Waals surface area contributed by atoms with Crippen LogP contribution in [0.4, 0.5) is 5.82 Å². The zero-order chi connectivity index (χ0) is 15.0. The summed E-state index contributed by atoms with van der Waals surface area (Å²) in [5.74, 6) is 0.301. The van der Waals surface area contributed by atoms with E-state index in [9.17, 15) is 9.59 Å². The van der Waals surface area contributed by atoms with Crippen molar-refractivity contribution in [3.05, 3.63) is 24.0 Å². The molecule has 8 nitrogen and oxygen atoms in total. The Morgan fingerprint density at radius 3 is 2.57 bits per heavy atom. The smallest absolute Gasteiger partial charge is 0.254 e. The van der Waals surface area contributed by atoms with E-state index in [2.05, 4.69) is 15.0 Å². The number of carbonyl (C=O) groups is 2. The standard InChI is InChI=1S/C13H16N6O2/c1-9(20)17-4-6-18(7-5-17)11-2-3-19-13(16-11)10(8-15-19)12(14)21/h2-3,8H,4-7H2,1H3,(H2,14,21). The van der Waals surface area contributed by atoms with Crippen molar-refractivity contribution in [1.29, 1.82) is 0 Å². The molecule has 0 aromatic carbocycles. The molecule has 1 aliphatic heterocycles. The van der Waals surface area contributed by atoms with Gasteiger partial charge in [-0.15, -0.1) is 0 Å². The molecule has 0 saturated carbocycles. The quantitative estimate of drug-likeness (QED) is 0.803. The molecule has 8 heteroatoms. The lowest BCUT2D eigenvalue weighted by Crippen LogP contribution is -2.48. The van der Waals surface area contributed by atoms with Gasteiger partial charge >= 0.3 is 0 Å². The molecule has 1 saturated heterocycles. The maximum Gasteiger partial charge on any atom is 0.254 e. The van der Waals surface area contributed by atoms with Crippen molar-refractivity contribution in [3.63, 3.8) is 0 Å². The van der Waals surface area contributed by atoms with E-state index in [4.69, 9.17) is 5.73 Å². The van der Waals surface area contributed by atoms with Crippen LogP contribution in [0.25, 0.3) is 5.65 Å². The molecule has 2 aromatic rings. The highest BCUT2D eigenvalue weighted by Gasteiger charge is 2.20. The van der Waals surface area contributed by atoms with E-state index >= 15 is 0 Å². The van der Waals surface area contributed by atoms with E-state index in [1.807, 2.05) is 11.0 Å². The molecule has 0 atom stereocenters. The normalized spacial score (nSPS) is 15.5. The fraction of sp³-hybridized carbons (Fsp3) is 0.385. The largest absolute Gasteiger partial charge is 0.365 e. The van der Waals surface area contributed by atoms with Crippen LogP contribution in [0.5, 0.6) is 0 Å². The maximum absolute atomic E-state index is 11.4. The van der Waals surface area contributed by atoms with Gasteiger partial charge in [-0.3, -0.25) is 9.59 Å². The SMILES string of the molecule is CC(=O)N1CCN(c2ccn3ncc(C(N)=O)c3n2)CC1. The molecule has 21 heavy (non-hydrogen) atoms. The van der Waals surface area contributed by atoms with Gasteiger partial charge < -0.3 is 15.5 Å². The van der Waals surface area contributed by atoms with Crippen molar-refractivity contribution in [3.8, 4) is 0 Å². The Labute approximate surface area is 121 Å². The van der Waals surface area contributed by atoms with Crippen molar-refractivity contribution in [2.24, 2.45) is 5.73 Å². The van der Waals surface area contributed by atoms with Crippen LogP contribution in [0.2, 0.25) is 0 Å². The van der Waals surface area contributed by atoms with Crippen LogP contribution < -0.4 is 10.6 Å². The van der Waals surface area contributed by atoms with E-state index in [0.29, 0.717) is 37.4 Å². The Kier molecular flexibility index (Phi) is 3.20. The minimum atomic E-state index is -0.545. The number of hydrogen-bond acceptors (Lipinski definition) is 5. The summed E-state index contributed by atoms with van der Waals surface area (Å²) in [6.07, 6.45) is 3.17. The van der Waals surface area contributed by atoms with Crippen LogP contribution in [0.15, 0.2) is 18.5 Å². The third-order valence-electron chi connectivity index (χ3n) is 3.67. The van der Waals surface area contributed by atoms with Crippen LogP contribution in [-0.2, 0) is 4.79 Å². The van der Waals surface area contributed by atoms with Crippen molar-refractivity contribution >= 4 is 23.3 Å². The summed E-state index contributed by atoms with van der Waals surface area (Å²) in [4.78, 5) is 31.0. The minimum Gasteiger partial charge on any atom is -0.365 e. The predicted molar refractivity (Wildman–Crippen MR) is 76.0 cm³/mol. The topological polar surface area (TPSA) is 96.8 Å². The molecule has 2 amide bonds. The summed E-state index contributed by atoms with van der Waals surface area (Å²) in [6, 6.07) is 1.84. The van der Waals surface area contributed by atoms with Crippen molar-refractivity contribution in [2.45, 2.75) is 6.92 Å². The molecular weight excluding hydrogens is 272 g/mol. The number of carbonyl (C=O) groups excluding carboxylic acids is 2. The third-order valence-corrected chi connectivity index (χ3v) is 3.67. The second-order valence-corrected chi connectivity index (χ2v) is 4.97. The Hall–Kier alpha value is -2.64. The van der Waals surface area contributed by atoms with Crippen molar-refractivity contribution in [1.82, 2.24) is 19.5 Å². The van der Waals surface area contributed by atoms with Gasteiger partial charge in [0, 0.05) is 39.3 Å². The second kappa shape index (κ2) is 5.04. The molecule has 2 N–H and O–H groups in total. The molecular formula is C13H16N6O2. The molecule has 3 rings (SSSR count). The van der Waals surface area contributed by atoms with Gasteiger partial charge in [-0.05, 0) is 6.07 Å². The molecule has 2 aromatic heterocycles. The lowest BCUT2D eigenvalue weighted by molar-refractivity contribution is -0.129. The summed E-state index contributed by atoms with van der Waals surface area (Å²) < 4.78 is 1.52. The molecule has 0 bridgehead atoms. The molecule has 0 radical (unpaired) electrons. The maximum atomic E-state index is 11.4. The van der Waals surface area contributed by atoms with Gasteiger partial charge in [0.2, 0.25) is 5.91 Å². The number of hydrogen-bond donors (Lipinski definition) is 1. The van der Waals surface area contributed by atoms with Gasteiger partial charge in [0.05, 0.1) is 6.20 Å². The number of nitrogens with two attached hydrogens (primary N) is 1. The Bertz CT molecular complexity index is 702. The van der Waals surface area contributed by atoms with Gasteiger partial charge in [-0.1, -0.05) is 0 Å². The van der Waals surface area contributed by atoms with E-state index in [1.54, 1.807) is 13.1 Å². The van der Waals surface area contributed by atoms with Gasteiger partial charge in [0.25, 0.3) is 5.91 Å². The zero-order valence-corrected chi connectivity index (χ0v) is 11.7. The number of amides is 2. The number of fused-ring (bicyclic) bond motifs is 1. The van der Waals surface area contributed by atoms with E-state index in [-0.39, 0.29) is 5.91 Å². The van der Waals surface area contributed by atoms with Crippen LogP contribution in [0, 0.1) is 0 Å². The van der Waals surface area contributed by atoms with Crippen LogP contribution in [0.1, 0.15) is 17.3 Å². The highest BCUT2D eigenvalue weighted by atomic mass is 16.2. The first-order valence-electron chi connectivity index (χ1n) is 6.71. The molecule has 110 valence electrons. The highest BCUT2D eigenvalue weighted by molar-refractivity contribution is 5.98. The van der Waals surface area contributed by atoms with E-state index in [0.717, 1.165) is 5.82 Å². The molecule has 0 aliphatic carbocycles. The fourth-order valence-corrected chi connectivity index (χ4v) is 2.46. The number of aromatic nitrogens is 3. The average Bonchev–Trinajstić information content (AvgIpc) is 2.90. The molecule has 3 heterocycles. The Morgan fingerprint density at radius 2 is 1.95 bits per heavy atom. The minimum absolute atomic E-state index is 0.0878. The van der Waals surface area contributed by atoms with Gasteiger partial charge in [-0.2, -0.15) is 5.10 Å². The lowest BCUT2D eigenvalue weighted by Gasteiger charge is -2.34. The number of rotatable bonds is 2. The summed E-state index contributed by atoms with van der Waals surface area (Å²) in [5, 5.41) is 4.04. The van der Waals surface area contributed by atoms with Crippen LogP contribution in [0.3, 0.4) is 0 Å². The molecule has 1 aliphatic rings. The third kappa shape index (κ3) is 2.39. The molecule has 1 fully saturated rings. The van der Waals surface area contributed by atoms with Crippen molar-refractivity contribution < 1.29 is 9.59 Å². The van der Waals surface area contributed by atoms with Gasteiger partial charge in [-0.25, -0.2) is 9.50 Å². The van der Waals surface area contributed by atoms with Gasteiger partial charge in [0.1, 0.15) is 11.4 Å². The Morgan fingerprint density at radius 1 is 1.24 bits per heavy atom. The fourth-order valence-electron chi connectivity index (χ4n) is 2.46. The summed E-state index contributed by atoms with van der Waals surface area (Å²) >= 11 is 0. The first-order valence-corrected chi connectivity index (χ1v) is 6.71. The predicted octanol–water partition coefficient (Wildman–Crippen LogP) is -0.503. The first kappa shape index (κ1) is 13.3. The highest BCUT2D eigenvalue weighted by Crippen LogP contribution is 2.16. The van der Waals surface area contributed by atoms with Crippen LogP contribution >= 0.6 is 0 Å². The summed E-state index contributed by atoms with van der Waals surface area (Å²) in [7, 11) is 0. The number of piperazine rings is 1. The summed E-state index contributed by atoms with van der Waals surface area (Å²) in [5.41, 5.74) is 6.07. The van der Waals surface area contributed by atoms with Gasteiger partial charge in [0.15, 0.2) is 5.65 Å². The zero-order valence-electron chi connectivity index (χ0n) is 11.7. The second-order valence-electron chi connectivity index (χ2n) is 4.97. The average molecular weight is 288 g/mol. The van der Waals surface area contributed by atoms with E-state index < -0.39 is 5.91 Å². The van der Waals surface area contributed by atoms with Crippen molar-refractivity contribution in [2.75, 3.05) is 31.1 Å². The van der Waals surface area contributed by atoms with E-state index in [1.165, 1.54) is 10.7 Å². The summed E-state index contributed by atoms with van der Waals surface area (Å²) in [6.45, 7) is 4.34. The molecule has 0 unspecified atom stereocenters. The Balaban J connectivity index is 1.86.